The summed E-state index contributed by atoms with van der Waals surface area (Å²) in [7, 11) is -3.84. The van der Waals surface area contributed by atoms with Gasteiger partial charge in [0, 0.05) is 18.3 Å². The SMILES string of the molecule is Cc1cc(S(N)(=O)=O)cc(NC(=O)CN(CC2CC2)C(C)c2ccccc2)c1C. The van der Waals surface area contributed by atoms with Gasteiger partial charge < -0.3 is 5.32 Å². The van der Waals surface area contributed by atoms with Gasteiger partial charge >= 0.3 is 0 Å². The van der Waals surface area contributed by atoms with E-state index in [0.29, 0.717) is 11.6 Å². The van der Waals surface area contributed by atoms with Gasteiger partial charge in [0.1, 0.15) is 0 Å². The molecule has 0 radical (unpaired) electrons. The average Bonchev–Trinajstić information content (AvgIpc) is 3.48. The van der Waals surface area contributed by atoms with Crippen LogP contribution in [0, 0.1) is 19.8 Å². The van der Waals surface area contributed by atoms with E-state index >= 15 is 0 Å². The Morgan fingerprint density at radius 3 is 2.45 bits per heavy atom. The number of carbonyl (C=O) groups is 1. The molecule has 1 amide bonds. The third-order valence-corrected chi connectivity index (χ3v) is 6.50. The molecule has 1 aliphatic rings. The predicted molar refractivity (Wildman–Crippen MR) is 115 cm³/mol. The van der Waals surface area contributed by atoms with Crippen LogP contribution in [0.15, 0.2) is 47.4 Å². The number of aryl methyl sites for hydroxylation is 1. The van der Waals surface area contributed by atoms with Crippen LogP contribution in [0.5, 0.6) is 0 Å². The van der Waals surface area contributed by atoms with Gasteiger partial charge in [0.25, 0.3) is 0 Å². The summed E-state index contributed by atoms with van der Waals surface area (Å²) in [5.41, 5.74) is 3.25. The average molecular weight is 416 g/mol. The lowest BCUT2D eigenvalue weighted by Gasteiger charge is -2.29. The number of sulfonamides is 1. The maximum atomic E-state index is 12.9. The molecular formula is C22H29N3O3S. The minimum absolute atomic E-state index is 0.00314. The molecule has 0 bridgehead atoms. The Hall–Kier alpha value is -2.22. The minimum atomic E-state index is -3.84. The van der Waals surface area contributed by atoms with Crippen LogP contribution in [0.25, 0.3) is 0 Å². The highest BCUT2D eigenvalue weighted by molar-refractivity contribution is 7.89. The van der Waals surface area contributed by atoms with Gasteiger partial charge in [-0.2, -0.15) is 0 Å². The lowest BCUT2D eigenvalue weighted by Crippen LogP contribution is -2.36. The molecule has 6 nitrogen and oxygen atoms in total. The van der Waals surface area contributed by atoms with Crippen molar-refractivity contribution in [3.63, 3.8) is 0 Å². The molecule has 3 N–H and O–H groups in total. The molecule has 29 heavy (non-hydrogen) atoms. The summed E-state index contributed by atoms with van der Waals surface area (Å²) >= 11 is 0. The van der Waals surface area contributed by atoms with Crippen LogP contribution in [-0.2, 0) is 14.8 Å². The van der Waals surface area contributed by atoms with Crippen molar-refractivity contribution in [2.24, 2.45) is 11.1 Å². The monoisotopic (exact) mass is 415 g/mol. The van der Waals surface area contributed by atoms with Crippen LogP contribution in [0.2, 0.25) is 0 Å². The van der Waals surface area contributed by atoms with Crippen LogP contribution in [0.4, 0.5) is 5.69 Å². The predicted octanol–water partition coefficient (Wildman–Crippen LogP) is 3.36. The largest absolute Gasteiger partial charge is 0.325 e. The Labute approximate surface area is 173 Å². The van der Waals surface area contributed by atoms with Gasteiger partial charge in [-0.05, 0) is 68.4 Å². The van der Waals surface area contributed by atoms with E-state index in [1.54, 1.807) is 6.92 Å². The zero-order valence-electron chi connectivity index (χ0n) is 17.2. The number of primary sulfonamides is 1. The van der Waals surface area contributed by atoms with Crippen molar-refractivity contribution in [2.45, 2.75) is 44.6 Å². The Morgan fingerprint density at radius 1 is 1.21 bits per heavy atom. The van der Waals surface area contributed by atoms with E-state index < -0.39 is 10.0 Å². The molecule has 0 saturated heterocycles. The number of nitrogens with one attached hydrogen (secondary N) is 1. The molecule has 0 spiro atoms. The van der Waals surface area contributed by atoms with E-state index in [2.05, 4.69) is 29.3 Å². The minimum Gasteiger partial charge on any atom is -0.325 e. The number of hydrogen-bond acceptors (Lipinski definition) is 4. The number of amides is 1. The number of carbonyl (C=O) groups excluding carboxylic acids is 1. The number of nitrogens with zero attached hydrogens (tertiary/aromatic N) is 1. The Kier molecular flexibility index (Phi) is 6.41. The molecular weight excluding hydrogens is 386 g/mol. The van der Waals surface area contributed by atoms with E-state index in [-0.39, 0.29) is 23.4 Å². The zero-order chi connectivity index (χ0) is 21.2. The first-order chi connectivity index (χ1) is 13.6. The molecule has 2 aromatic rings. The van der Waals surface area contributed by atoms with Crippen molar-refractivity contribution in [1.82, 2.24) is 4.90 Å². The van der Waals surface area contributed by atoms with E-state index in [1.165, 1.54) is 30.5 Å². The highest BCUT2D eigenvalue weighted by Gasteiger charge is 2.28. The van der Waals surface area contributed by atoms with Crippen LogP contribution in [0.3, 0.4) is 0 Å². The molecule has 1 aliphatic carbocycles. The normalized spacial score (nSPS) is 15.3. The van der Waals surface area contributed by atoms with Crippen molar-refractivity contribution < 1.29 is 13.2 Å². The molecule has 0 heterocycles. The Balaban J connectivity index is 1.77. The molecule has 0 aromatic heterocycles. The molecule has 1 fully saturated rings. The molecule has 0 aliphatic heterocycles. The second-order valence-corrected chi connectivity index (χ2v) is 9.53. The zero-order valence-corrected chi connectivity index (χ0v) is 18.0. The highest BCUT2D eigenvalue weighted by Crippen LogP contribution is 2.33. The Morgan fingerprint density at radius 2 is 1.86 bits per heavy atom. The van der Waals surface area contributed by atoms with Gasteiger partial charge in [-0.15, -0.1) is 0 Å². The second kappa shape index (κ2) is 8.65. The van der Waals surface area contributed by atoms with Crippen molar-refractivity contribution in [3.8, 4) is 0 Å². The fourth-order valence-electron chi connectivity index (χ4n) is 3.43. The summed E-state index contributed by atoms with van der Waals surface area (Å²) in [5, 5.41) is 8.17. The summed E-state index contributed by atoms with van der Waals surface area (Å²) in [6.45, 7) is 6.88. The summed E-state index contributed by atoms with van der Waals surface area (Å²) in [6.07, 6.45) is 2.41. The number of anilines is 1. The molecule has 3 rings (SSSR count). The first-order valence-electron chi connectivity index (χ1n) is 9.88. The van der Waals surface area contributed by atoms with Crippen LogP contribution in [0.1, 0.15) is 42.5 Å². The van der Waals surface area contributed by atoms with Crippen molar-refractivity contribution in [1.29, 1.82) is 0 Å². The van der Waals surface area contributed by atoms with Gasteiger partial charge in [-0.25, -0.2) is 13.6 Å². The molecule has 1 saturated carbocycles. The second-order valence-electron chi connectivity index (χ2n) is 7.97. The van der Waals surface area contributed by atoms with Gasteiger partial charge in [0.15, 0.2) is 0 Å². The number of nitrogens with two attached hydrogens (primary N) is 1. The lowest BCUT2D eigenvalue weighted by atomic mass is 10.1. The number of benzene rings is 2. The molecule has 2 aromatic carbocycles. The maximum Gasteiger partial charge on any atom is 0.238 e. The summed E-state index contributed by atoms with van der Waals surface area (Å²) in [6, 6.07) is 13.2. The van der Waals surface area contributed by atoms with Crippen molar-refractivity contribution in [3.05, 3.63) is 59.2 Å². The van der Waals surface area contributed by atoms with Gasteiger partial charge in [-0.1, -0.05) is 30.3 Å². The van der Waals surface area contributed by atoms with Crippen LogP contribution in [-0.4, -0.2) is 32.3 Å². The maximum absolute atomic E-state index is 12.9. The first kappa shape index (κ1) is 21.5. The number of hydrogen-bond donors (Lipinski definition) is 2. The van der Waals surface area contributed by atoms with Gasteiger partial charge in [0.05, 0.1) is 11.4 Å². The first-order valence-corrected chi connectivity index (χ1v) is 11.4. The van der Waals surface area contributed by atoms with E-state index in [4.69, 9.17) is 5.14 Å². The highest BCUT2D eigenvalue weighted by atomic mass is 32.2. The fraction of sp³-hybridized carbons (Fsp3) is 0.409. The van der Waals surface area contributed by atoms with Gasteiger partial charge in [-0.3, -0.25) is 9.69 Å². The molecule has 156 valence electrons. The van der Waals surface area contributed by atoms with E-state index in [1.807, 2.05) is 25.1 Å². The van der Waals surface area contributed by atoms with Gasteiger partial charge in [0.2, 0.25) is 15.9 Å². The molecule has 1 unspecified atom stereocenters. The van der Waals surface area contributed by atoms with Crippen LogP contribution < -0.4 is 10.5 Å². The summed E-state index contributed by atoms with van der Waals surface area (Å²) in [5.74, 6) is 0.478. The standard InChI is InChI=1S/C22H29N3O3S/c1-15-11-20(29(23,27)28)12-21(16(15)2)24-22(26)14-25(13-18-9-10-18)17(3)19-7-5-4-6-8-19/h4-8,11-12,17-18H,9-10,13-14H2,1-3H3,(H,24,26)(H2,23,27,28). The summed E-state index contributed by atoms with van der Waals surface area (Å²) in [4.78, 5) is 15.0. The van der Waals surface area contributed by atoms with Crippen LogP contribution >= 0.6 is 0 Å². The molecule has 1 atom stereocenters. The van der Waals surface area contributed by atoms with E-state index in [0.717, 1.165) is 17.7 Å². The topological polar surface area (TPSA) is 92.5 Å². The third-order valence-electron chi connectivity index (χ3n) is 5.61. The Bertz CT molecular complexity index is 986. The lowest BCUT2D eigenvalue weighted by molar-refractivity contribution is -0.117. The number of rotatable bonds is 8. The summed E-state index contributed by atoms with van der Waals surface area (Å²) < 4.78 is 23.5. The van der Waals surface area contributed by atoms with Crippen molar-refractivity contribution in [2.75, 3.05) is 18.4 Å². The fourth-order valence-corrected chi connectivity index (χ4v) is 4.05. The quantitative estimate of drug-likeness (QED) is 0.691. The smallest absolute Gasteiger partial charge is 0.238 e. The van der Waals surface area contributed by atoms with Crippen molar-refractivity contribution >= 4 is 21.6 Å². The molecule has 7 heteroatoms. The third kappa shape index (κ3) is 5.65. The van der Waals surface area contributed by atoms with E-state index in [9.17, 15) is 13.2 Å².